The van der Waals surface area contributed by atoms with Crippen LogP contribution in [-0.4, -0.2) is 4.57 Å². The Hall–Kier alpha value is -5.34. The van der Waals surface area contributed by atoms with E-state index in [9.17, 15) is 0 Å². The molecular formula is C41H30N2. The molecule has 43 heavy (non-hydrogen) atoms. The number of nitrogens with zero attached hydrogens (tertiary/aromatic N) is 2. The quantitative estimate of drug-likeness (QED) is 0.208. The van der Waals surface area contributed by atoms with Crippen molar-refractivity contribution in [3.8, 4) is 16.8 Å². The van der Waals surface area contributed by atoms with Crippen LogP contribution in [0.2, 0.25) is 0 Å². The highest BCUT2D eigenvalue weighted by Gasteiger charge is 2.34. The Labute approximate surface area is 251 Å². The van der Waals surface area contributed by atoms with Crippen LogP contribution in [0, 0.1) is 0 Å². The van der Waals surface area contributed by atoms with Gasteiger partial charge in [0.25, 0.3) is 0 Å². The van der Waals surface area contributed by atoms with Crippen LogP contribution in [0.5, 0.6) is 0 Å². The number of para-hydroxylation sites is 4. The van der Waals surface area contributed by atoms with Crippen molar-refractivity contribution in [2.24, 2.45) is 0 Å². The van der Waals surface area contributed by atoms with Gasteiger partial charge in [-0.25, -0.2) is 0 Å². The van der Waals surface area contributed by atoms with Crippen LogP contribution in [0.15, 0.2) is 133 Å². The number of benzene rings is 6. The van der Waals surface area contributed by atoms with Gasteiger partial charge in [-0.2, -0.15) is 0 Å². The predicted octanol–water partition coefficient (Wildman–Crippen LogP) is 11.0. The van der Waals surface area contributed by atoms with E-state index in [1.807, 2.05) is 0 Å². The van der Waals surface area contributed by atoms with Crippen molar-refractivity contribution in [2.45, 2.75) is 19.3 Å². The van der Waals surface area contributed by atoms with E-state index in [0.717, 1.165) is 5.69 Å². The van der Waals surface area contributed by atoms with E-state index in [-0.39, 0.29) is 5.41 Å². The lowest BCUT2D eigenvalue weighted by molar-refractivity contribution is 0.630. The van der Waals surface area contributed by atoms with Crippen molar-refractivity contribution in [1.82, 2.24) is 4.57 Å². The second-order valence-electron chi connectivity index (χ2n) is 12.2. The van der Waals surface area contributed by atoms with Gasteiger partial charge >= 0.3 is 0 Å². The molecule has 0 amide bonds. The monoisotopic (exact) mass is 550 g/mol. The molecule has 9 rings (SSSR count). The van der Waals surface area contributed by atoms with Gasteiger partial charge in [0.2, 0.25) is 0 Å². The largest absolute Gasteiger partial charge is 0.309 e. The lowest BCUT2D eigenvalue weighted by atomic mass is 9.75. The number of hydrogen-bond donors (Lipinski definition) is 0. The van der Waals surface area contributed by atoms with Crippen molar-refractivity contribution in [2.75, 3.05) is 4.90 Å². The maximum atomic E-state index is 2.49. The number of fused-ring (bicyclic) bond motifs is 7. The molecule has 0 aliphatic carbocycles. The fourth-order valence-electron chi connectivity index (χ4n) is 7.40. The number of hydrogen-bond acceptors (Lipinski definition) is 1. The smallest absolute Gasteiger partial charge is 0.0582 e. The Morgan fingerprint density at radius 1 is 0.488 bits per heavy atom. The summed E-state index contributed by atoms with van der Waals surface area (Å²) in [7, 11) is 0. The van der Waals surface area contributed by atoms with E-state index in [2.05, 4.69) is 169 Å². The lowest BCUT2D eigenvalue weighted by Gasteiger charge is -2.34. The van der Waals surface area contributed by atoms with Crippen LogP contribution in [0.3, 0.4) is 0 Å². The molecule has 6 aromatic carbocycles. The molecule has 0 unspecified atom stereocenters. The lowest BCUT2D eigenvalue weighted by Crippen LogP contribution is -2.26. The molecule has 2 aliphatic heterocycles. The molecule has 0 atom stereocenters. The normalized spacial score (nSPS) is 14.3. The summed E-state index contributed by atoms with van der Waals surface area (Å²) in [5, 5.41) is 2.61. The summed E-state index contributed by atoms with van der Waals surface area (Å²) < 4.78 is 2.49. The van der Waals surface area contributed by atoms with Crippen molar-refractivity contribution in [1.29, 1.82) is 0 Å². The van der Waals surface area contributed by atoms with Gasteiger partial charge in [-0.1, -0.05) is 117 Å². The van der Waals surface area contributed by atoms with Gasteiger partial charge in [-0.3, -0.25) is 0 Å². The SMILES string of the molecule is CC1(C)c2ccccc2-n2c3ccc(-c4ccc5c(c4)N(c4ccccc4)c4ccccc4C=C5)cc3c3cccc1c32. The molecule has 0 saturated heterocycles. The second-order valence-corrected chi connectivity index (χ2v) is 12.2. The average molecular weight is 551 g/mol. The fourth-order valence-corrected chi connectivity index (χ4v) is 7.40. The molecule has 0 radical (unpaired) electrons. The Morgan fingerprint density at radius 3 is 2.02 bits per heavy atom. The Kier molecular flexibility index (Phi) is 4.99. The van der Waals surface area contributed by atoms with Gasteiger partial charge in [0, 0.05) is 21.9 Å². The van der Waals surface area contributed by atoms with E-state index in [0.29, 0.717) is 0 Å². The first-order valence-corrected chi connectivity index (χ1v) is 15.0. The molecule has 2 heteroatoms. The summed E-state index contributed by atoms with van der Waals surface area (Å²) in [4.78, 5) is 2.40. The molecule has 2 nitrogen and oxygen atoms in total. The van der Waals surface area contributed by atoms with Crippen LogP contribution in [0.1, 0.15) is 36.1 Å². The van der Waals surface area contributed by atoms with Crippen LogP contribution in [0.4, 0.5) is 17.1 Å². The van der Waals surface area contributed by atoms with E-state index in [1.165, 1.54) is 72.2 Å². The highest BCUT2D eigenvalue weighted by Crippen LogP contribution is 2.48. The summed E-state index contributed by atoms with van der Waals surface area (Å²) in [5.74, 6) is 0. The summed E-state index contributed by atoms with van der Waals surface area (Å²) in [6.45, 7) is 4.71. The van der Waals surface area contributed by atoms with E-state index >= 15 is 0 Å². The van der Waals surface area contributed by atoms with Gasteiger partial charge in [-0.05, 0) is 75.8 Å². The van der Waals surface area contributed by atoms with Crippen LogP contribution in [0.25, 0.3) is 50.8 Å². The first-order chi connectivity index (χ1) is 21.1. The van der Waals surface area contributed by atoms with Crippen molar-refractivity contribution >= 4 is 51.0 Å². The summed E-state index contributed by atoms with van der Waals surface area (Å²) in [6.07, 6.45) is 4.48. The van der Waals surface area contributed by atoms with Gasteiger partial charge in [0.1, 0.15) is 0 Å². The summed E-state index contributed by atoms with van der Waals surface area (Å²) in [5.41, 5.74) is 14.9. The fraction of sp³-hybridized carbons (Fsp3) is 0.0732. The first kappa shape index (κ1) is 24.3. The first-order valence-electron chi connectivity index (χ1n) is 15.0. The van der Waals surface area contributed by atoms with Gasteiger partial charge in [-0.15, -0.1) is 0 Å². The Morgan fingerprint density at radius 2 is 1.16 bits per heavy atom. The third kappa shape index (κ3) is 3.41. The Bertz CT molecular complexity index is 2270. The van der Waals surface area contributed by atoms with Gasteiger partial charge in [0.15, 0.2) is 0 Å². The standard InChI is InChI=1S/C41H30N2/c1-41(2)34-15-7-9-18-38(34)43-37-24-23-29(25-33(37)32-14-10-16-35(41)40(32)43)30-22-21-28-20-19-27-11-6-8-17-36(27)42(39(28)26-30)31-12-4-3-5-13-31/h3-26H,1-2H3. The van der Waals surface area contributed by atoms with Crippen LogP contribution in [-0.2, 0) is 5.41 Å². The molecule has 0 bridgehead atoms. The topological polar surface area (TPSA) is 8.17 Å². The van der Waals surface area contributed by atoms with Crippen molar-refractivity contribution < 1.29 is 0 Å². The average Bonchev–Trinajstić information content (AvgIpc) is 3.28. The number of rotatable bonds is 2. The van der Waals surface area contributed by atoms with Gasteiger partial charge in [0.05, 0.1) is 28.1 Å². The molecule has 1 aromatic heterocycles. The molecule has 0 spiro atoms. The zero-order valence-electron chi connectivity index (χ0n) is 24.3. The molecule has 204 valence electrons. The molecule has 0 N–H and O–H groups in total. The molecule has 2 aliphatic rings. The number of anilines is 3. The van der Waals surface area contributed by atoms with Crippen molar-refractivity contribution in [3.05, 3.63) is 156 Å². The Balaban J connectivity index is 1.27. The minimum absolute atomic E-state index is 0.0645. The molecular weight excluding hydrogens is 520 g/mol. The van der Waals surface area contributed by atoms with Gasteiger partial charge < -0.3 is 9.47 Å². The summed E-state index contributed by atoms with van der Waals surface area (Å²) >= 11 is 0. The zero-order chi connectivity index (χ0) is 28.7. The predicted molar refractivity (Wildman–Crippen MR) is 182 cm³/mol. The minimum atomic E-state index is -0.0645. The molecule has 7 aromatic rings. The maximum Gasteiger partial charge on any atom is 0.0582 e. The van der Waals surface area contributed by atoms with E-state index in [4.69, 9.17) is 0 Å². The summed E-state index contributed by atoms with van der Waals surface area (Å²) in [6, 6.07) is 49.0. The molecule has 0 fully saturated rings. The second kappa shape index (κ2) is 8.83. The minimum Gasteiger partial charge on any atom is -0.309 e. The van der Waals surface area contributed by atoms with E-state index < -0.39 is 0 Å². The number of aromatic nitrogens is 1. The zero-order valence-corrected chi connectivity index (χ0v) is 24.3. The maximum absolute atomic E-state index is 2.49. The highest BCUT2D eigenvalue weighted by molar-refractivity contribution is 6.12. The highest BCUT2D eigenvalue weighted by atomic mass is 15.1. The van der Waals surface area contributed by atoms with E-state index in [1.54, 1.807) is 0 Å². The molecule has 3 heterocycles. The third-order valence-electron chi connectivity index (χ3n) is 9.52. The van der Waals surface area contributed by atoms with Crippen LogP contribution >= 0.6 is 0 Å². The van der Waals surface area contributed by atoms with Crippen molar-refractivity contribution in [3.63, 3.8) is 0 Å². The third-order valence-corrected chi connectivity index (χ3v) is 9.52. The van der Waals surface area contributed by atoms with Crippen LogP contribution < -0.4 is 4.90 Å². The molecule has 0 saturated carbocycles.